The quantitative estimate of drug-likeness (QED) is 0.577. The van der Waals surface area contributed by atoms with Crippen molar-refractivity contribution < 1.29 is 4.39 Å². The van der Waals surface area contributed by atoms with Crippen LogP contribution >= 0.6 is 11.8 Å². The molecule has 0 fully saturated rings. The highest BCUT2D eigenvalue weighted by Crippen LogP contribution is 2.10. The molecule has 0 aromatic heterocycles. The average molecular weight is 214 g/mol. The standard InChI is InChI=1S/C10H15FN2S/c1-14-7-9(13-12)6-8-4-2-3-5-10(8)11/h2-5,9,13H,6-7,12H2,1H3. The van der Waals surface area contributed by atoms with Crippen molar-refractivity contribution in [1.29, 1.82) is 0 Å². The summed E-state index contributed by atoms with van der Waals surface area (Å²) in [7, 11) is 0. The summed E-state index contributed by atoms with van der Waals surface area (Å²) in [6, 6.07) is 6.92. The zero-order valence-corrected chi connectivity index (χ0v) is 8.98. The van der Waals surface area contributed by atoms with Crippen molar-refractivity contribution in [2.24, 2.45) is 5.84 Å². The number of rotatable bonds is 5. The predicted octanol–water partition coefficient (Wildman–Crippen LogP) is 1.56. The molecule has 0 amide bonds. The summed E-state index contributed by atoms with van der Waals surface area (Å²) < 4.78 is 13.3. The first-order valence-corrected chi connectivity index (χ1v) is 5.85. The molecule has 14 heavy (non-hydrogen) atoms. The number of benzene rings is 1. The van der Waals surface area contributed by atoms with E-state index in [1.54, 1.807) is 23.9 Å². The zero-order valence-electron chi connectivity index (χ0n) is 8.16. The molecule has 0 radical (unpaired) electrons. The lowest BCUT2D eigenvalue weighted by Gasteiger charge is -2.14. The molecule has 1 aromatic carbocycles. The molecule has 0 spiro atoms. The molecular formula is C10H15FN2S. The molecular weight excluding hydrogens is 199 g/mol. The summed E-state index contributed by atoms with van der Waals surface area (Å²) >= 11 is 1.69. The molecule has 1 rings (SSSR count). The molecule has 1 atom stereocenters. The van der Waals surface area contributed by atoms with Gasteiger partial charge in [0.1, 0.15) is 5.82 Å². The van der Waals surface area contributed by atoms with E-state index < -0.39 is 0 Å². The monoisotopic (exact) mass is 214 g/mol. The van der Waals surface area contributed by atoms with Crippen LogP contribution < -0.4 is 11.3 Å². The lowest BCUT2D eigenvalue weighted by Crippen LogP contribution is -2.38. The topological polar surface area (TPSA) is 38.0 Å². The molecule has 0 aliphatic rings. The van der Waals surface area contributed by atoms with E-state index in [2.05, 4.69) is 5.43 Å². The highest BCUT2D eigenvalue weighted by Gasteiger charge is 2.09. The minimum absolute atomic E-state index is 0.127. The second-order valence-electron chi connectivity index (χ2n) is 3.11. The fraction of sp³-hybridized carbons (Fsp3) is 0.400. The van der Waals surface area contributed by atoms with Crippen molar-refractivity contribution in [1.82, 2.24) is 5.43 Å². The number of hydrogen-bond acceptors (Lipinski definition) is 3. The molecule has 0 aliphatic heterocycles. The Morgan fingerprint density at radius 1 is 1.50 bits per heavy atom. The van der Waals surface area contributed by atoms with E-state index in [1.165, 1.54) is 6.07 Å². The molecule has 0 heterocycles. The Morgan fingerprint density at radius 3 is 2.79 bits per heavy atom. The third-order valence-electron chi connectivity index (χ3n) is 2.03. The summed E-state index contributed by atoms with van der Waals surface area (Å²) in [5.41, 5.74) is 3.40. The summed E-state index contributed by atoms with van der Waals surface area (Å²) in [6.45, 7) is 0. The first kappa shape index (κ1) is 11.5. The third-order valence-corrected chi connectivity index (χ3v) is 2.76. The number of hydrogen-bond donors (Lipinski definition) is 2. The third kappa shape index (κ3) is 3.29. The first-order chi connectivity index (χ1) is 6.77. The number of halogens is 1. The number of thioether (sulfide) groups is 1. The van der Waals surface area contributed by atoms with Crippen LogP contribution in [0.3, 0.4) is 0 Å². The highest BCUT2D eigenvalue weighted by atomic mass is 32.2. The molecule has 0 saturated carbocycles. The van der Waals surface area contributed by atoms with Crippen molar-refractivity contribution >= 4 is 11.8 Å². The second kappa shape index (κ2) is 6.01. The lowest BCUT2D eigenvalue weighted by molar-refractivity contribution is 0.547. The first-order valence-electron chi connectivity index (χ1n) is 4.46. The minimum Gasteiger partial charge on any atom is -0.271 e. The molecule has 0 bridgehead atoms. The van der Waals surface area contributed by atoms with Crippen molar-refractivity contribution in [3.05, 3.63) is 35.6 Å². The van der Waals surface area contributed by atoms with Crippen LogP contribution in [0.1, 0.15) is 5.56 Å². The van der Waals surface area contributed by atoms with Crippen LogP contribution in [0, 0.1) is 5.82 Å². The van der Waals surface area contributed by atoms with Crippen LogP contribution in [0.15, 0.2) is 24.3 Å². The summed E-state index contributed by atoms with van der Waals surface area (Å²) in [6.07, 6.45) is 2.63. The maximum Gasteiger partial charge on any atom is 0.126 e. The van der Waals surface area contributed by atoms with Crippen LogP contribution in [-0.4, -0.2) is 18.1 Å². The van der Waals surface area contributed by atoms with Crippen molar-refractivity contribution in [3.63, 3.8) is 0 Å². The number of nitrogens with two attached hydrogens (primary N) is 1. The average Bonchev–Trinajstić information content (AvgIpc) is 2.20. The van der Waals surface area contributed by atoms with Crippen LogP contribution in [-0.2, 0) is 6.42 Å². The van der Waals surface area contributed by atoms with Gasteiger partial charge in [0.2, 0.25) is 0 Å². The zero-order chi connectivity index (χ0) is 10.4. The molecule has 0 saturated heterocycles. The summed E-state index contributed by atoms with van der Waals surface area (Å²) in [4.78, 5) is 0. The van der Waals surface area contributed by atoms with E-state index in [4.69, 9.17) is 5.84 Å². The Kier molecular flexibility index (Phi) is 4.93. The molecule has 4 heteroatoms. The Balaban J connectivity index is 2.62. The van der Waals surface area contributed by atoms with Gasteiger partial charge in [-0.15, -0.1) is 0 Å². The Labute approximate surface area is 88.0 Å². The smallest absolute Gasteiger partial charge is 0.126 e. The van der Waals surface area contributed by atoms with Crippen molar-refractivity contribution in [2.45, 2.75) is 12.5 Å². The van der Waals surface area contributed by atoms with Crippen molar-refractivity contribution in [3.8, 4) is 0 Å². The van der Waals surface area contributed by atoms with Gasteiger partial charge >= 0.3 is 0 Å². The Bertz CT molecular complexity index is 281. The largest absolute Gasteiger partial charge is 0.271 e. The summed E-state index contributed by atoms with van der Waals surface area (Å²) in [5, 5.41) is 0. The normalized spacial score (nSPS) is 12.8. The van der Waals surface area contributed by atoms with Gasteiger partial charge < -0.3 is 0 Å². The van der Waals surface area contributed by atoms with E-state index in [1.807, 2.05) is 12.3 Å². The van der Waals surface area contributed by atoms with E-state index in [-0.39, 0.29) is 11.9 Å². The van der Waals surface area contributed by atoms with Crippen LogP contribution in [0.2, 0.25) is 0 Å². The molecule has 2 nitrogen and oxygen atoms in total. The predicted molar refractivity (Wildman–Crippen MR) is 59.6 cm³/mol. The fourth-order valence-electron chi connectivity index (χ4n) is 1.30. The van der Waals surface area contributed by atoms with E-state index >= 15 is 0 Å². The lowest BCUT2D eigenvalue weighted by atomic mass is 10.1. The molecule has 0 aliphatic carbocycles. The number of hydrazine groups is 1. The minimum atomic E-state index is -0.158. The molecule has 78 valence electrons. The SMILES string of the molecule is CSCC(Cc1ccccc1F)NN. The summed E-state index contributed by atoms with van der Waals surface area (Å²) in [5.74, 6) is 6.09. The van der Waals surface area contributed by atoms with Gasteiger partial charge in [0.15, 0.2) is 0 Å². The van der Waals surface area contributed by atoms with E-state index in [9.17, 15) is 4.39 Å². The van der Waals surface area contributed by atoms with Crippen LogP contribution in [0.5, 0.6) is 0 Å². The van der Waals surface area contributed by atoms with Crippen LogP contribution in [0.25, 0.3) is 0 Å². The Morgan fingerprint density at radius 2 is 2.21 bits per heavy atom. The van der Waals surface area contributed by atoms with E-state index in [0.29, 0.717) is 12.0 Å². The Hall–Kier alpha value is -0.580. The van der Waals surface area contributed by atoms with Gasteiger partial charge in [-0.2, -0.15) is 11.8 Å². The number of nitrogens with one attached hydrogen (secondary N) is 1. The van der Waals surface area contributed by atoms with Gasteiger partial charge in [0, 0.05) is 11.8 Å². The van der Waals surface area contributed by atoms with Gasteiger partial charge in [0.05, 0.1) is 0 Å². The molecule has 1 aromatic rings. The van der Waals surface area contributed by atoms with Gasteiger partial charge in [-0.25, -0.2) is 4.39 Å². The molecule has 3 N–H and O–H groups in total. The highest BCUT2D eigenvalue weighted by molar-refractivity contribution is 7.98. The fourth-order valence-corrected chi connectivity index (χ4v) is 1.91. The van der Waals surface area contributed by atoms with Gasteiger partial charge in [-0.3, -0.25) is 11.3 Å². The van der Waals surface area contributed by atoms with Crippen LogP contribution in [0.4, 0.5) is 4.39 Å². The second-order valence-corrected chi connectivity index (χ2v) is 4.03. The van der Waals surface area contributed by atoms with E-state index in [0.717, 1.165) is 5.75 Å². The molecule has 1 unspecified atom stereocenters. The van der Waals surface area contributed by atoms with Gasteiger partial charge in [-0.1, -0.05) is 18.2 Å². The van der Waals surface area contributed by atoms with Gasteiger partial charge in [0.25, 0.3) is 0 Å². The van der Waals surface area contributed by atoms with Crippen molar-refractivity contribution in [2.75, 3.05) is 12.0 Å². The van der Waals surface area contributed by atoms with Gasteiger partial charge in [-0.05, 0) is 24.3 Å². The maximum atomic E-state index is 13.3. The maximum absolute atomic E-state index is 13.3.